The lowest BCUT2D eigenvalue weighted by molar-refractivity contribution is 0.145. The van der Waals surface area contributed by atoms with Gasteiger partial charge in [-0.2, -0.15) is 5.26 Å². The molecule has 1 aromatic heterocycles. The fraction of sp³-hybridized carbons (Fsp3) is 0.250. The Morgan fingerprint density at radius 1 is 1.54 bits per heavy atom. The van der Waals surface area contributed by atoms with Gasteiger partial charge in [-0.05, 0) is 6.92 Å². The number of nitrogens with zero attached hydrogens (tertiary/aromatic N) is 2. The molecule has 0 saturated heterocycles. The molecule has 68 valence electrons. The summed E-state index contributed by atoms with van der Waals surface area (Å²) in [6.45, 7) is 1.38. The molecule has 0 aliphatic heterocycles. The molecule has 0 N–H and O–H groups in total. The molecule has 0 unspecified atom stereocenters. The summed E-state index contributed by atoms with van der Waals surface area (Å²) >= 11 is 0. The molecule has 0 aromatic carbocycles. The maximum absolute atomic E-state index is 12.8. The van der Waals surface area contributed by atoms with Crippen LogP contribution in [0.3, 0.4) is 0 Å². The SMILES string of the molecule is Cc1ncc(F)c(C(F)F)c1C#N. The second-order valence-corrected chi connectivity index (χ2v) is 2.39. The third kappa shape index (κ3) is 1.61. The molecule has 5 heteroatoms. The standard InChI is InChI=1S/C8H5F3N2/c1-4-5(2-12)7(8(10)11)6(9)3-13-4/h3,8H,1H3. The van der Waals surface area contributed by atoms with E-state index in [0.717, 1.165) is 0 Å². The smallest absolute Gasteiger partial charge is 0.257 e. The Kier molecular flexibility index (Phi) is 2.52. The van der Waals surface area contributed by atoms with Gasteiger partial charge in [0.15, 0.2) is 5.82 Å². The number of rotatable bonds is 1. The molecule has 13 heavy (non-hydrogen) atoms. The van der Waals surface area contributed by atoms with E-state index in [2.05, 4.69) is 4.98 Å². The zero-order chi connectivity index (χ0) is 10.0. The van der Waals surface area contributed by atoms with E-state index in [-0.39, 0.29) is 11.3 Å². The van der Waals surface area contributed by atoms with E-state index in [1.54, 1.807) is 0 Å². The monoisotopic (exact) mass is 186 g/mol. The summed E-state index contributed by atoms with van der Waals surface area (Å²) < 4.78 is 37.2. The van der Waals surface area contributed by atoms with Gasteiger partial charge < -0.3 is 0 Å². The van der Waals surface area contributed by atoms with Gasteiger partial charge in [0.2, 0.25) is 0 Å². The molecule has 1 heterocycles. The van der Waals surface area contributed by atoms with Crippen molar-refractivity contribution in [3.63, 3.8) is 0 Å². The number of pyridine rings is 1. The quantitative estimate of drug-likeness (QED) is 0.674. The fourth-order valence-corrected chi connectivity index (χ4v) is 0.956. The molecule has 1 rings (SSSR count). The van der Waals surface area contributed by atoms with Gasteiger partial charge in [-0.15, -0.1) is 0 Å². The molecule has 1 aromatic rings. The van der Waals surface area contributed by atoms with E-state index in [0.29, 0.717) is 6.20 Å². The number of alkyl halides is 2. The van der Waals surface area contributed by atoms with Gasteiger partial charge >= 0.3 is 0 Å². The average molecular weight is 186 g/mol. The molecule has 0 aliphatic rings. The molecular weight excluding hydrogens is 181 g/mol. The minimum Gasteiger partial charge on any atom is -0.257 e. The number of aromatic nitrogens is 1. The maximum atomic E-state index is 12.8. The van der Waals surface area contributed by atoms with Crippen LogP contribution in [0.4, 0.5) is 13.2 Å². The molecule has 0 amide bonds. The highest BCUT2D eigenvalue weighted by molar-refractivity contribution is 5.41. The van der Waals surface area contributed by atoms with Gasteiger partial charge in [0.1, 0.15) is 6.07 Å². The van der Waals surface area contributed by atoms with Gasteiger partial charge in [0.05, 0.1) is 23.0 Å². The van der Waals surface area contributed by atoms with Crippen molar-refractivity contribution in [3.8, 4) is 6.07 Å². The van der Waals surface area contributed by atoms with Crippen molar-refractivity contribution in [3.05, 3.63) is 28.8 Å². The third-order valence-electron chi connectivity index (χ3n) is 1.59. The van der Waals surface area contributed by atoms with E-state index in [4.69, 9.17) is 5.26 Å². The van der Waals surface area contributed by atoms with Crippen molar-refractivity contribution >= 4 is 0 Å². The summed E-state index contributed by atoms with van der Waals surface area (Å²) in [6.07, 6.45) is -2.30. The number of hydrogen-bond donors (Lipinski definition) is 0. The minimum absolute atomic E-state index is 0.110. The van der Waals surface area contributed by atoms with Gasteiger partial charge in [-0.1, -0.05) is 0 Å². The van der Waals surface area contributed by atoms with Crippen LogP contribution < -0.4 is 0 Å². The maximum Gasteiger partial charge on any atom is 0.268 e. The summed E-state index contributed by atoms with van der Waals surface area (Å²) in [5, 5.41) is 8.48. The van der Waals surface area contributed by atoms with E-state index in [9.17, 15) is 13.2 Å². The fourth-order valence-electron chi connectivity index (χ4n) is 0.956. The van der Waals surface area contributed by atoms with E-state index in [1.807, 2.05) is 0 Å². The van der Waals surface area contributed by atoms with Crippen LogP contribution in [0.1, 0.15) is 23.2 Å². The lowest BCUT2D eigenvalue weighted by Gasteiger charge is -2.05. The Labute approximate surface area is 72.6 Å². The molecule has 0 atom stereocenters. The van der Waals surface area contributed by atoms with Crippen molar-refractivity contribution < 1.29 is 13.2 Å². The van der Waals surface area contributed by atoms with Crippen LogP contribution in [0.25, 0.3) is 0 Å². The van der Waals surface area contributed by atoms with Crippen LogP contribution in [-0.4, -0.2) is 4.98 Å². The van der Waals surface area contributed by atoms with Crippen molar-refractivity contribution in [2.24, 2.45) is 0 Å². The Bertz CT molecular complexity index is 368. The second-order valence-electron chi connectivity index (χ2n) is 2.39. The Hall–Kier alpha value is -1.57. The zero-order valence-electron chi connectivity index (χ0n) is 6.68. The lowest BCUT2D eigenvalue weighted by Crippen LogP contribution is -2.00. The highest BCUT2D eigenvalue weighted by atomic mass is 19.3. The highest BCUT2D eigenvalue weighted by Gasteiger charge is 2.20. The van der Waals surface area contributed by atoms with Crippen molar-refractivity contribution in [2.75, 3.05) is 0 Å². The summed E-state index contributed by atoms with van der Waals surface area (Å²) in [7, 11) is 0. The van der Waals surface area contributed by atoms with Crippen LogP contribution in [0.2, 0.25) is 0 Å². The van der Waals surface area contributed by atoms with Crippen LogP contribution in [-0.2, 0) is 0 Å². The topological polar surface area (TPSA) is 36.7 Å². The first kappa shape index (κ1) is 9.52. The molecule has 0 saturated carbocycles. The van der Waals surface area contributed by atoms with E-state index in [1.165, 1.54) is 13.0 Å². The predicted octanol–water partition coefficient (Wildman–Crippen LogP) is 2.34. The number of nitriles is 1. The second kappa shape index (κ2) is 3.44. The first-order valence-corrected chi connectivity index (χ1v) is 3.41. The average Bonchev–Trinajstić information content (AvgIpc) is 2.07. The normalized spacial score (nSPS) is 10.2. The van der Waals surface area contributed by atoms with Crippen LogP contribution in [0, 0.1) is 24.1 Å². The lowest BCUT2D eigenvalue weighted by atomic mass is 10.1. The molecular formula is C8H5F3N2. The molecule has 0 radical (unpaired) electrons. The number of aryl methyl sites for hydroxylation is 1. The molecule has 2 nitrogen and oxygen atoms in total. The summed E-state index contributed by atoms with van der Waals surface area (Å²) in [5.41, 5.74) is -1.13. The van der Waals surface area contributed by atoms with E-state index < -0.39 is 17.8 Å². The molecule has 0 fully saturated rings. The molecule has 0 aliphatic carbocycles. The predicted molar refractivity (Wildman–Crippen MR) is 38.6 cm³/mol. The first-order chi connectivity index (χ1) is 6.07. The van der Waals surface area contributed by atoms with E-state index >= 15 is 0 Å². The Balaban J connectivity index is 3.46. The van der Waals surface area contributed by atoms with Crippen LogP contribution in [0.5, 0.6) is 0 Å². The van der Waals surface area contributed by atoms with Gasteiger partial charge in [-0.3, -0.25) is 4.98 Å². The minimum atomic E-state index is -2.99. The largest absolute Gasteiger partial charge is 0.268 e. The Morgan fingerprint density at radius 2 is 2.15 bits per heavy atom. The summed E-state index contributed by atoms with van der Waals surface area (Å²) in [5.74, 6) is -1.14. The van der Waals surface area contributed by atoms with Crippen molar-refractivity contribution in [1.82, 2.24) is 4.98 Å². The summed E-state index contributed by atoms with van der Waals surface area (Å²) in [6, 6.07) is 1.50. The van der Waals surface area contributed by atoms with Crippen molar-refractivity contribution in [1.29, 1.82) is 5.26 Å². The molecule has 0 spiro atoms. The summed E-state index contributed by atoms with van der Waals surface area (Å²) in [4.78, 5) is 3.46. The number of halogens is 3. The van der Waals surface area contributed by atoms with Crippen LogP contribution >= 0.6 is 0 Å². The highest BCUT2D eigenvalue weighted by Crippen LogP contribution is 2.26. The number of hydrogen-bond acceptors (Lipinski definition) is 2. The molecule has 0 bridgehead atoms. The first-order valence-electron chi connectivity index (χ1n) is 3.41. The third-order valence-corrected chi connectivity index (χ3v) is 1.59. The van der Waals surface area contributed by atoms with Gasteiger partial charge in [0, 0.05) is 0 Å². The van der Waals surface area contributed by atoms with Crippen LogP contribution in [0.15, 0.2) is 6.20 Å². The Morgan fingerprint density at radius 3 is 2.54 bits per heavy atom. The van der Waals surface area contributed by atoms with Gasteiger partial charge in [0.25, 0.3) is 6.43 Å². The van der Waals surface area contributed by atoms with Gasteiger partial charge in [-0.25, -0.2) is 13.2 Å². The van der Waals surface area contributed by atoms with Crippen molar-refractivity contribution in [2.45, 2.75) is 13.3 Å². The zero-order valence-corrected chi connectivity index (χ0v) is 6.68.